The van der Waals surface area contributed by atoms with Crippen molar-refractivity contribution in [2.45, 2.75) is 19.3 Å². The molecule has 1 aliphatic rings. The van der Waals surface area contributed by atoms with Crippen LogP contribution in [0.25, 0.3) is 0 Å². The molecule has 4 heteroatoms. The van der Waals surface area contributed by atoms with Crippen LogP contribution in [0.15, 0.2) is 11.4 Å². The Bertz CT molecular complexity index is 179. The molecule has 0 aromatic rings. The first kappa shape index (κ1) is 7.00. The number of hydrogen-bond acceptors (Lipinski definition) is 1. The zero-order valence-electron chi connectivity index (χ0n) is 4.95. The Hall–Kier alpha value is -0.110. The van der Waals surface area contributed by atoms with Gasteiger partial charge in [-0.2, -0.15) is 0 Å². The Morgan fingerprint density at radius 1 is 1.56 bits per heavy atom. The van der Waals surface area contributed by atoms with E-state index >= 15 is 0 Å². The van der Waals surface area contributed by atoms with Crippen molar-refractivity contribution in [2.24, 2.45) is 0 Å². The molecule has 0 amide bonds. The van der Waals surface area contributed by atoms with Gasteiger partial charge >= 0.3 is 7.60 Å². The van der Waals surface area contributed by atoms with Crippen molar-refractivity contribution in [3.63, 3.8) is 0 Å². The predicted octanol–water partition coefficient (Wildman–Crippen LogP) is 1.23. The van der Waals surface area contributed by atoms with Crippen LogP contribution < -0.4 is 0 Å². The van der Waals surface area contributed by atoms with Gasteiger partial charge in [-0.15, -0.1) is 0 Å². The van der Waals surface area contributed by atoms with Crippen molar-refractivity contribution in [1.82, 2.24) is 0 Å². The quantitative estimate of drug-likeness (QED) is 0.550. The number of hydrogen-bond donors (Lipinski definition) is 2. The van der Waals surface area contributed by atoms with Crippen LogP contribution in [0.1, 0.15) is 19.3 Å². The lowest BCUT2D eigenvalue weighted by Gasteiger charge is -2.01. The highest BCUT2D eigenvalue weighted by Gasteiger charge is 2.22. The Morgan fingerprint density at radius 3 is 2.44 bits per heavy atom. The Morgan fingerprint density at radius 2 is 2.22 bits per heavy atom. The summed E-state index contributed by atoms with van der Waals surface area (Å²) in [5.74, 6) is 0. The van der Waals surface area contributed by atoms with E-state index in [1.807, 2.05) is 0 Å². The molecule has 52 valence electrons. The van der Waals surface area contributed by atoms with E-state index in [1.165, 1.54) is 0 Å². The van der Waals surface area contributed by atoms with E-state index in [4.69, 9.17) is 9.79 Å². The number of allylic oxidation sites excluding steroid dienone is 2. The summed E-state index contributed by atoms with van der Waals surface area (Å²) < 4.78 is 10.5. The van der Waals surface area contributed by atoms with Gasteiger partial charge < -0.3 is 9.79 Å². The molecule has 0 aliphatic heterocycles. The molecule has 0 saturated carbocycles. The summed E-state index contributed by atoms with van der Waals surface area (Å²) in [6.07, 6.45) is 3.92. The SMILES string of the molecule is O=P(O)(O)C1=CCCC1. The Labute approximate surface area is 53.6 Å². The monoisotopic (exact) mass is 148 g/mol. The maximum atomic E-state index is 10.5. The minimum atomic E-state index is -3.85. The fourth-order valence-corrected chi connectivity index (χ4v) is 1.73. The smallest absolute Gasteiger partial charge is 0.321 e. The van der Waals surface area contributed by atoms with Crippen molar-refractivity contribution in [3.05, 3.63) is 11.4 Å². The van der Waals surface area contributed by atoms with Gasteiger partial charge in [0, 0.05) is 5.31 Å². The highest BCUT2D eigenvalue weighted by atomic mass is 31.2. The summed E-state index contributed by atoms with van der Waals surface area (Å²) >= 11 is 0. The second-order valence-corrected chi connectivity index (χ2v) is 3.79. The van der Waals surface area contributed by atoms with Gasteiger partial charge in [-0.25, -0.2) is 0 Å². The normalized spacial score (nSPS) is 20.0. The molecule has 0 radical (unpaired) electrons. The summed E-state index contributed by atoms with van der Waals surface area (Å²) in [7, 11) is -3.85. The van der Waals surface area contributed by atoms with E-state index in [2.05, 4.69) is 0 Å². The van der Waals surface area contributed by atoms with Gasteiger partial charge in [-0.3, -0.25) is 4.57 Å². The van der Waals surface area contributed by atoms with E-state index in [-0.39, 0.29) is 0 Å². The van der Waals surface area contributed by atoms with Crippen LogP contribution in [0.2, 0.25) is 0 Å². The minimum absolute atomic E-state index is 0.322. The predicted molar refractivity (Wildman–Crippen MR) is 34.0 cm³/mol. The van der Waals surface area contributed by atoms with Gasteiger partial charge in [0.1, 0.15) is 0 Å². The first-order valence-corrected chi connectivity index (χ1v) is 4.47. The van der Waals surface area contributed by atoms with Crippen LogP contribution >= 0.6 is 7.60 Å². The second kappa shape index (κ2) is 2.25. The molecule has 0 fully saturated rings. The highest BCUT2D eigenvalue weighted by Crippen LogP contribution is 2.49. The molecule has 2 N–H and O–H groups in total. The van der Waals surface area contributed by atoms with Gasteiger partial charge in [0.25, 0.3) is 0 Å². The largest absolute Gasteiger partial charge is 0.351 e. The van der Waals surface area contributed by atoms with Gasteiger partial charge in [0.05, 0.1) is 0 Å². The summed E-state index contributed by atoms with van der Waals surface area (Å²) in [5.41, 5.74) is 0. The van der Waals surface area contributed by atoms with Gasteiger partial charge in [0.2, 0.25) is 0 Å². The van der Waals surface area contributed by atoms with E-state index in [1.54, 1.807) is 6.08 Å². The fourth-order valence-electron chi connectivity index (χ4n) is 0.918. The molecule has 0 bridgehead atoms. The third kappa shape index (κ3) is 1.65. The molecule has 0 spiro atoms. The fraction of sp³-hybridized carbons (Fsp3) is 0.600. The van der Waals surface area contributed by atoms with Crippen molar-refractivity contribution in [1.29, 1.82) is 0 Å². The Kier molecular flexibility index (Phi) is 1.75. The van der Waals surface area contributed by atoms with E-state index in [0.717, 1.165) is 12.8 Å². The molecule has 0 heterocycles. The van der Waals surface area contributed by atoms with Crippen LogP contribution in [-0.2, 0) is 4.57 Å². The molecular formula is C5H9O3P. The molecule has 1 rings (SSSR count). The summed E-state index contributed by atoms with van der Waals surface area (Å²) in [4.78, 5) is 17.1. The van der Waals surface area contributed by atoms with Crippen molar-refractivity contribution >= 4 is 7.60 Å². The average molecular weight is 148 g/mol. The number of rotatable bonds is 1. The molecule has 9 heavy (non-hydrogen) atoms. The standard InChI is InChI=1S/C5H9O3P/c6-9(7,8)5-3-1-2-4-5/h3H,1-2,4H2,(H2,6,7,8). The first-order chi connectivity index (χ1) is 4.11. The van der Waals surface area contributed by atoms with E-state index in [0.29, 0.717) is 11.7 Å². The molecule has 1 aliphatic carbocycles. The first-order valence-electron chi connectivity index (χ1n) is 2.86. The van der Waals surface area contributed by atoms with Crippen LogP contribution in [-0.4, -0.2) is 9.79 Å². The third-order valence-corrected chi connectivity index (χ3v) is 2.55. The van der Waals surface area contributed by atoms with Crippen LogP contribution in [0.4, 0.5) is 0 Å². The van der Waals surface area contributed by atoms with Gasteiger partial charge in [-0.1, -0.05) is 6.08 Å². The van der Waals surface area contributed by atoms with E-state index < -0.39 is 7.60 Å². The lowest BCUT2D eigenvalue weighted by molar-refractivity contribution is 0.381. The minimum Gasteiger partial charge on any atom is -0.321 e. The van der Waals surface area contributed by atoms with Gasteiger partial charge in [-0.05, 0) is 19.3 Å². The molecular weight excluding hydrogens is 139 g/mol. The molecule has 0 aromatic carbocycles. The van der Waals surface area contributed by atoms with Crippen molar-refractivity contribution in [2.75, 3.05) is 0 Å². The molecule has 0 aromatic heterocycles. The van der Waals surface area contributed by atoms with E-state index in [9.17, 15) is 4.57 Å². The summed E-state index contributed by atoms with van der Waals surface area (Å²) in [5, 5.41) is 0.322. The zero-order valence-corrected chi connectivity index (χ0v) is 5.84. The average Bonchev–Trinajstić information content (AvgIpc) is 2.08. The highest BCUT2D eigenvalue weighted by molar-refractivity contribution is 7.56. The third-order valence-electron chi connectivity index (χ3n) is 1.39. The Balaban J connectivity index is 2.73. The topological polar surface area (TPSA) is 57.5 Å². The summed E-state index contributed by atoms with van der Waals surface area (Å²) in [6.45, 7) is 0. The van der Waals surface area contributed by atoms with Crippen LogP contribution in [0.5, 0.6) is 0 Å². The van der Waals surface area contributed by atoms with Crippen molar-refractivity contribution < 1.29 is 14.4 Å². The van der Waals surface area contributed by atoms with Crippen LogP contribution in [0, 0.1) is 0 Å². The molecule has 0 unspecified atom stereocenters. The molecule has 3 nitrogen and oxygen atoms in total. The second-order valence-electron chi connectivity index (χ2n) is 2.13. The van der Waals surface area contributed by atoms with Crippen LogP contribution in [0.3, 0.4) is 0 Å². The summed E-state index contributed by atoms with van der Waals surface area (Å²) in [6, 6.07) is 0. The lowest BCUT2D eigenvalue weighted by Crippen LogP contribution is -1.79. The maximum absolute atomic E-state index is 10.5. The van der Waals surface area contributed by atoms with Crippen molar-refractivity contribution in [3.8, 4) is 0 Å². The maximum Gasteiger partial charge on any atom is 0.351 e. The zero-order chi connectivity index (χ0) is 6.91. The molecule has 0 saturated heterocycles. The molecule has 0 atom stereocenters. The van der Waals surface area contributed by atoms with Gasteiger partial charge in [0.15, 0.2) is 0 Å². The lowest BCUT2D eigenvalue weighted by atomic mass is 10.4.